The van der Waals surface area contributed by atoms with Crippen molar-refractivity contribution in [2.24, 2.45) is 5.41 Å². The quantitative estimate of drug-likeness (QED) is 0.494. The van der Waals surface area contributed by atoms with Crippen LogP contribution in [-0.4, -0.2) is 0 Å². The van der Waals surface area contributed by atoms with Gasteiger partial charge in [-0.2, -0.15) is 0 Å². The molecule has 0 bridgehead atoms. The van der Waals surface area contributed by atoms with E-state index in [2.05, 4.69) is 52.0 Å². The predicted molar refractivity (Wildman–Crippen MR) is 66.5 cm³/mol. The van der Waals surface area contributed by atoms with Crippen molar-refractivity contribution in [3.05, 3.63) is 24.3 Å². The molecular weight excluding hydrogens is 168 g/mol. The highest BCUT2D eigenvalue weighted by Gasteiger charge is 2.14. The van der Waals surface area contributed by atoms with Gasteiger partial charge in [0, 0.05) is 0 Å². The first-order valence-electron chi connectivity index (χ1n) is 5.88. The van der Waals surface area contributed by atoms with Gasteiger partial charge < -0.3 is 0 Å². The van der Waals surface area contributed by atoms with Crippen molar-refractivity contribution in [2.45, 2.75) is 59.8 Å². The van der Waals surface area contributed by atoms with Crippen molar-refractivity contribution in [1.82, 2.24) is 0 Å². The van der Waals surface area contributed by atoms with E-state index in [1.54, 1.807) is 0 Å². The molecule has 0 aliphatic heterocycles. The Morgan fingerprint density at radius 2 is 1.71 bits per heavy atom. The van der Waals surface area contributed by atoms with Gasteiger partial charge in [-0.1, -0.05) is 51.5 Å². The predicted octanol–water partition coefficient (Wildman–Crippen LogP) is 5.12. The van der Waals surface area contributed by atoms with Crippen molar-refractivity contribution in [2.75, 3.05) is 0 Å². The summed E-state index contributed by atoms with van der Waals surface area (Å²) in [4.78, 5) is 0. The lowest BCUT2D eigenvalue weighted by Gasteiger charge is -2.22. The first-order valence-corrected chi connectivity index (χ1v) is 5.88. The van der Waals surface area contributed by atoms with Gasteiger partial charge in [0.1, 0.15) is 0 Å². The van der Waals surface area contributed by atoms with Crippen LogP contribution in [0, 0.1) is 5.41 Å². The second kappa shape index (κ2) is 7.84. The minimum absolute atomic E-state index is 0.527. The molecule has 0 rings (SSSR count). The second-order valence-electron chi connectivity index (χ2n) is 4.73. The minimum Gasteiger partial charge on any atom is -0.0914 e. The van der Waals surface area contributed by atoms with Gasteiger partial charge in [0.2, 0.25) is 0 Å². The van der Waals surface area contributed by atoms with Crippen molar-refractivity contribution in [3.63, 3.8) is 0 Å². The zero-order chi connectivity index (χ0) is 10.9. The molecule has 0 unspecified atom stereocenters. The largest absolute Gasteiger partial charge is 0.0914 e. The van der Waals surface area contributed by atoms with Gasteiger partial charge in [-0.3, -0.25) is 0 Å². The van der Waals surface area contributed by atoms with Gasteiger partial charge in [0.05, 0.1) is 0 Å². The van der Waals surface area contributed by atoms with Gasteiger partial charge in [-0.05, 0) is 38.0 Å². The maximum Gasteiger partial charge on any atom is -0.0169 e. The Labute approximate surface area is 90.1 Å². The Morgan fingerprint density at radius 3 is 2.29 bits per heavy atom. The minimum atomic E-state index is 0.527. The normalized spacial score (nSPS) is 13.1. The highest BCUT2D eigenvalue weighted by molar-refractivity contribution is 4.91. The Balaban J connectivity index is 3.56. The molecule has 0 N–H and O–H groups in total. The summed E-state index contributed by atoms with van der Waals surface area (Å²) in [5.74, 6) is 0. The fraction of sp³-hybridized carbons (Fsp3) is 0.714. The van der Waals surface area contributed by atoms with E-state index in [9.17, 15) is 0 Å². The van der Waals surface area contributed by atoms with E-state index in [1.165, 1.54) is 25.7 Å². The second-order valence-corrected chi connectivity index (χ2v) is 4.73. The van der Waals surface area contributed by atoms with E-state index in [4.69, 9.17) is 0 Å². The first-order chi connectivity index (χ1) is 6.62. The smallest absolute Gasteiger partial charge is 0.0169 e. The van der Waals surface area contributed by atoms with Gasteiger partial charge in [0.25, 0.3) is 0 Å². The van der Waals surface area contributed by atoms with E-state index >= 15 is 0 Å². The molecule has 82 valence electrons. The van der Waals surface area contributed by atoms with E-state index in [0.717, 1.165) is 6.42 Å². The fourth-order valence-electron chi connectivity index (χ4n) is 1.70. The molecule has 0 aromatic carbocycles. The molecule has 0 spiro atoms. The molecule has 0 aliphatic carbocycles. The number of hydrogen-bond acceptors (Lipinski definition) is 0. The van der Waals surface area contributed by atoms with Crippen molar-refractivity contribution < 1.29 is 0 Å². The van der Waals surface area contributed by atoms with Crippen molar-refractivity contribution >= 4 is 0 Å². The molecule has 0 saturated carbocycles. The molecule has 0 aliphatic rings. The summed E-state index contributed by atoms with van der Waals surface area (Å²) < 4.78 is 0. The van der Waals surface area contributed by atoms with Crippen LogP contribution >= 0.6 is 0 Å². The van der Waals surface area contributed by atoms with E-state index in [-0.39, 0.29) is 0 Å². The van der Waals surface area contributed by atoms with Gasteiger partial charge in [-0.15, -0.1) is 0 Å². The number of allylic oxidation sites excluding steroid dienone is 4. The van der Waals surface area contributed by atoms with Crippen LogP contribution in [0.25, 0.3) is 0 Å². The molecule has 0 amide bonds. The number of hydrogen-bond donors (Lipinski definition) is 0. The van der Waals surface area contributed by atoms with Crippen LogP contribution in [0.15, 0.2) is 24.3 Å². The van der Waals surface area contributed by atoms with Crippen LogP contribution in [0.1, 0.15) is 59.8 Å². The monoisotopic (exact) mass is 194 g/mol. The molecule has 0 heterocycles. The molecule has 0 atom stereocenters. The summed E-state index contributed by atoms with van der Waals surface area (Å²) in [5.41, 5.74) is 0.527. The molecule has 14 heavy (non-hydrogen) atoms. The molecule has 0 aromatic heterocycles. The van der Waals surface area contributed by atoms with Crippen LogP contribution in [-0.2, 0) is 0 Å². The summed E-state index contributed by atoms with van der Waals surface area (Å²) in [7, 11) is 0. The summed E-state index contributed by atoms with van der Waals surface area (Å²) in [6.07, 6.45) is 15.1. The van der Waals surface area contributed by atoms with Crippen molar-refractivity contribution in [3.8, 4) is 0 Å². The Kier molecular flexibility index (Phi) is 7.55. The molecular formula is C14H26. The average molecular weight is 194 g/mol. The van der Waals surface area contributed by atoms with Crippen molar-refractivity contribution in [1.29, 1.82) is 0 Å². The first kappa shape index (κ1) is 13.5. The van der Waals surface area contributed by atoms with Crippen LogP contribution in [0.2, 0.25) is 0 Å². The summed E-state index contributed by atoms with van der Waals surface area (Å²) in [5, 5.41) is 0. The summed E-state index contributed by atoms with van der Waals surface area (Å²) in [6.45, 7) is 9.08. The highest BCUT2D eigenvalue weighted by atomic mass is 14.2. The van der Waals surface area contributed by atoms with E-state index < -0.39 is 0 Å². The average Bonchev–Trinajstić information content (AvgIpc) is 2.11. The molecule has 0 fully saturated rings. The topological polar surface area (TPSA) is 0 Å². The standard InChI is InChI=1S/C14H26/c1-5-7-8-9-10-11-13-14(3,4)12-6-2/h5,7,9-10H,6,8,11-13H2,1-4H3. The number of rotatable bonds is 7. The summed E-state index contributed by atoms with van der Waals surface area (Å²) >= 11 is 0. The van der Waals surface area contributed by atoms with Gasteiger partial charge in [-0.25, -0.2) is 0 Å². The van der Waals surface area contributed by atoms with Gasteiger partial charge >= 0.3 is 0 Å². The Hall–Kier alpha value is -0.520. The van der Waals surface area contributed by atoms with Gasteiger partial charge in [0.15, 0.2) is 0 Å². The molecule has 0 aromatic rings. The summed E-state index contributed by atoms with van der Waals surface area (Å²) in [6, 6.07) is 0. The fourth-order valence-corrected chi connectivity index (χ4v) is 1.70. The third-order valence-corrected chi connectivity index (χ3v) is 2.59. The Morgan fingerprint density at radius 1 is 1.00 bits per heavy atom. The molecule has 0 nitrogen and oxygen atoms in total. The lowest BCUT2D eigenvalue weighted by atomic mass is 9.83. The SMILES string of the molecule is CC=CCC=CCCC(C)(C)CCC. The zero-order valence-corrected chi connectivity index (χ0v) is 10.3. The van der Waals surface area contributed by atoms with Crippen LogP contribution in [0.3, 0.4) is 0 Å². The lowest BCUT2D eigenvalue weighted by molar-refractivity contribution is 0.307. The third kappa shape index (κ3) is 8.10. The highest BCUT2D eigenvalue weighted by Crippen LogP contribution is 2.28. The van der Waals surface area contributed by atoms with Crippen LogP contribution in [0.5, 0.6) is 0 Å². The lowest BCUT2D eigenvalue weighted by Crippen LogP contribution is -2.09. The van der Waals surface area contributed by atoms with Crippen LogP contribution < -0.4 is 0 Å². The molecule has 0 radical (unpaired) electrons. The molecule has 0 saturated heterocycles. The maximum absolute atomic E-state index is 2.37. The van der Waals surface area contributed by atoms with E-state index in [1.807, 2.05) is 0 Å². The third-order valence-electron chi connectivity index (χ3n) is 2.59. The molecule has 0 heteroatoms. The maximum atomic E-state index is 2.37. The zero-order valence-electron chi connectivity index (χ0n) is 10.3. The van der Waals surface area contributed by atoms with E-state index in [0.29, 0.717) is 5.41 Å². The Bertz CT molecular complexity index is 172. The van der Waals surface area contributed by atoms with Crippen LogP contribution in [0.4, 0.5) is 0 Å².